The largest absolute Gasteiger partial charge is 0.351 e. The average Bonchev–Trinajstić information content (AvgIpc) is 3.26. The topological polar surface area (TPSA) is 74.3 Å². The van der Waals surface area contributed by atoms with Gasteiger partial charge < -0.3 is 10.2 Å². The fraction of sp³-hybridized carbons (Fsp3) is 0.200. The molecule has 0 radical (unpaired) electrons. The van der Waals surface area contributed by atoms with Crippen LogP contribution in [0, 0.1) is 6.92 Å². The second-order valence-electron chi connectivity index (χ2n) is 7.04. The van der Waals surface area contributed by atoms with Gasteiger partial charge in [0.2, 0.25) is 10.0 Å². The molecule has 156 valence electrons. The molecule has 1 aliphatic heterocycles. The number of halogens is 1. The lowest BCUT2D eigenvalue weighted by atomic mass is 10.0. The van der Waals surface area contributed by atoms with Crippen LogP contribution in [0.25, 0.3) is 0 Å². The second-order valence-corrected chi connectivity index (χ2v) is 11.0. The van der Waals surface area contributed by atoms with Gasteiger partial charge in [-0.25, -0.2) is 8.42 Å². The van der Waals surface area contributed by atoms with Gasteiger partial charge in [-0.2, -0.15) is 0 Å². The number of aromatic nitrogens is 1. The van der Waals surface area contributed by atoms with E-state index in [0.29, 0.717) is 10.8 Å². The van der Waals surface area contributed by atoms with Crippen LogP contribution in [0.15, 0.2) is 58.5 Å². The lowest BCUT2D eigenvalue weighted by Crippen LogP contribution is -2.29. The first kappa shape index (κ1) is 21.2. The number of sulfonamides is 1. The van der Waals surface area contributed by atoms with Gasteiger partial charge in [-0.1, -0.05) is 6.07 Å². The number of thiophene rings is 1. The molecule has 4 rings (SSSR count). The molecule has 3 aromatic rings. The molecular formula is C20H19BrN4O2S3. The first-order chi connectivity index (χ1) is 14.2. The minimum atomic E-state index is -3.35. The third-order valence-electron chi connectivity index (χ3n) is 4.76. The number of nitrogens with zero attached hydrogens (tertiary/aromatic N) is 2. The molecule has 0 unspecified atom stereocenters. The number of aryl methyl sites for hydroxylation is 1. The summed E-state index contributed by atoms with van der Waals surface area (Å²) in [6, 6.07) is 13.3. The molecular weight excluding hydrogens is 504 g/mol. The van der Waals surface area contributed by atoms with E-state index in [0.717, 1.165) is 32.6 Å². The van der Waals surface area contributed by atoms with Crippen LogP contribution < -0.4 is 14.9 Å². The zero-order valence-electron chi connectivity index (χ0n) is 16.2. The van der Waals surface area contributed by atoms with Crippen molar-refractivity contribution in [2.45, 2.75) is 19.0 Å². The van der Waals surface area contributed by atoms with Crippen molar-refractivity contribution in [3.63, 3.8) is 0 Å². The fourth-order valence-electron chi connectivity index (χ4n) is 3.52. The highest BCUT2D eigenvalue weighted by Crippen LogP contribution is 2.44. The predicted molar refractivity (Wildman–Crippen MR) is 130 cm³/mol. The zero-order valence-corrected chi connectivity index (χ0v) is 20.2. The summed E-state index contributed by atoms with van der Waals surface area (Å²) in [5, 5.41) is 6.07. The summed E-state index contributed by atoms with van der Waals surface area (Å²) in [7, 11) is -3.35. The zero-order chi connectivity index (χ0) is 21.5. The smallest absolute Gasteiger partial charge is 0.229 e. The molecule has 1 fully saturated rings. The van der Waals surface area contributed by atoms with Gasteiger partial charge in [0.1, 0.15) is 0 Å². The van der Waals surface area contributed by atoms with Crippen molar-refractivity contribution in [1.29, 1.82) is 0 Å². The molecule has 6 nitrogen and oxygen atoms in total. The molecule has 10 heteroatoms. The van der Waals surface area contributed by atoms with Gasteiger partial charge in [0, 0.05) is 26.6 Å². The van der Waals surface area contributed by atoms with E-state index in [-0.39, 0.29) is 12.1 Å². The lowest BCUT2D eigenvalue weighted by molar-refractivity contribution is 0.575. The Balaban J connectivity index is 1.77. The molecule has 1 saturated heterocycles. The van der Waals surface area contributed by atoms with Crippen LogP contribution in [-0.2, 0) is 10.0 Å². The van der Waals surface area contributed by atoms with Crippen molar-refractivity contribution < 1.29 is 8.42 Å². The summed E-state index contributed by atoms with van der Waals surface area (Å²) in [5.74, 6) is 0. The van der Waals surface area contributed by atoms with E-state index < -0.39 is 10.0 Å². The Morgan fingerprint density at radius 3 is 2.67 bits per heavy atom. The summed E-state index contributed by atoms with van der Waals surface area (Å²) < 4.78 is 26.8. The van der Waals surface area contributed by atoms with Crippen molar-refractivity contribution in [2.75, 3.05) is 15.9 Å². The van der Waals surface area contributed by atoms with Crippen molar-refractivity contribution >= 4 is 66.0 Å². The monoisotopic (exact) mass is 522 g/mol. The van der Waals surface area contributed by atoms with Crippen LogP contribution in [0.4, 0.5) is 11.4 Å². The highest BCUT2D eigenvalue weighted by Gasteiger charge is 2.41. The van der Waals surface area contributed by atoms with Crippen molar-refractivity contribution in [1.82, 2.24) is 10.3 Å². The molecule has 0 aliphatic carbocycles. The van der Waals surface area contributed by atoms with Crippen molar-refractivity contribution in [3.8, 4) is 0 Å². The molecule has 0 amide bonds. The molecule has 0 bridgehead atoms. The van der Waals surface area contributed by atoms with E-state index in [1.165, 1.54) is 0 Å². The van der Waals surface area contributed by atoms with Crippen LogP contribution >= 0.6 is 39.5 Å². The summed E-state index contributed by atoms with van der Waals surface area (Å²) in [4.78, 5) is 7.76. The number of benzene rings is 1. The molecule has 2 atom stereocenters. The molecule has 0 saturated carbocycles. The molecule has 2 N–H and O–H groups in total. The Hall–Kier alpha value is -2.01. The molecule has 30 heavy (non-hydrogen) atoms. The van der Waals surface area contributed by atoms with Crippen molar-refractivity contribution in [3.05, 3.63) is 74.6 Å². The molecule has 2 aromatic heterocycles. The fourth-order valence-corrected chi connectivity index (χ4v) is 6.06. The maximum absolute atomic E-state index is 11.6. The van der Waals surface area contributed by atoms with Crippen molar-refractivity contribution in [2.24, 2.45) is 0 Å². The number of hydrogen-bond donors (Lipinski definition) is 2. The third-order valence-corrected chi connectivity index (χ3v) is 7.43. The normalized spacial score (nSPS) is 19.0. The van der Waals surface area contributed by atoms with Crippen LogP contribution in [0.5, 0.6) is 0 Å². The quantitative estimate of drug-likeness (QED) is 0.470. The van der Waals surface area contributed by atoms with Gasteiger partial charge in [-0.3, -0.25) is 9.71 Å². The Morgan fingerprint density at radius 2 is 2.07 bits per heavy atom. The lowest BCUT2D eigenvalue weighted by Gasteiger charge is -2.27. The van der Waals surface area contributed by atoms with E-state index in [4.69, 9.17) is 12.2 Å². The van der Waals surface area contributed by atoms with E-state index in [2.05, 4.69) is 47.3 Å². The maximum Gasteiger partial charge on any atom is 0.229 e. The number of nitrogens with one attached hydrogen (secondary N) is 2. The second kappa shape index (κ2) is 8.26. The Bertz CT molecular complexity index is 1200. The third kappa shape index (κ3) is 4.36. The van der Waals surface area contributed by atoms with Gasteiger partial charge in [0.05, 0.1) is 29.7 Å². The Morgan fingerprint density at radius 1 is 1.27 bits per heavy atom. The van der Waals surface area contributed by atoms with Gasteiger partial charge in [0.25, 0.3) is 0 Å². The number of hydrogen-bond acceptors (Lipinski definition) is 5. The standard InChI is InChI=1S/C20H19BrN4O2S3/c1-12-9-14(6-7-15(12)24-30(2,26)27)25-19(17-10-13(21)11-29-17)18(23-20(25)28)16-5-3-4-8-22-16/h3-11,18-19,24H,1-2H3,(H,23,28)/t18-,19+/m1/s1. The van der Waals surface area contributed by atoms with E-state index >= 15 is 0 Å². The highest BCUT2D eigenvalue weighted by atomic mass is 79.9. The maximum atomic E-state index is 11.6. The number of pyridine rings is 1. The molecule has 1 aliphatic rings. The minimum Gasteiger partial charge on any atom is -0.351 e. The molecule has 0 spiro atoms. The summed E-state index contributed by atoms with van der Waals surface area (Å²) in [5.41, 5.74) is 3.16. The number of thiocarbonyl (C=S) groups is 1. The summed E-state index contributed by atoms with van der Waals surface area (Å²) in [6.45, 7) is 1.87. The first-order valence-electron chi connectivity index (χ1n) is 9.06. The van der Waals surface area contributed by atoms with Gasteiger partial charge in [0.15, 0.2) is 5.11 Å². The van der Waals surface area contributed by atoms with Crippen LogP contribution in [-0.4, -0.2) is 24.8 Å². The molecule has 1 aromatic carbocycles. The van der Waals surface area contributed by atoms with E-state index in [9.17, 15) is 8.42 Å². The molecule has 3 heterocycles. The summed E-state index contributed by atoms with van der Waals surface area (Å²) >= 11 is 10.9. The van der Waals surface area contributed by atoms with E-state index in [1.807, 2.05) is 37.3 Å². The number of anilines is 2. The van der Waals surface area contributed by atoms with E-state index in [1.54, 1.807) is 23.6 Å². The SMILES string of the molecule is Cc1cc(N2C(=S)N[C@H](c3ccccn3)[C@@H]2c2cc(Br)cs2)ccc1NS(C)(=O)=O. The van der Waals surface area contributed by atoms with Crippen LogP contribution in [0.3, 0.4) is 0 Å². The first-order valence-corrected chi connectivity index (χ1v) is 13.0. The Kier molecular flexibility index (Phi) is 5.84. The minimum absolute atomic E-state index is 0.0863. The van der Waals surface area contributed by atoms with Gasteiger partial charge >= 0.3 is 0 Å². The summed E-state index contributed by atoms with van der Waals surface area (Å²) in [6.07, 6.45) is 2.92. The number of rotatable bonds is 5. The highest BCUT2D eigenvalue weighted by molar-refractivity contribution is 9.10. The van der Waals surface area contributed by atoms with Crippen LogP contribution in [0.2, 0.25) is 0 Å². The average molecular weight is 524 g/mol. The van der Waals surface area contributed by atoms with Crippen LogP contribution in [0.1, 0.15) is 28.2 Å². The Labute approximate surface area is 193 Å². The van der Waals surface area contributed by atoms with Gasteiger partial charge in [-0.15, -0.1) is 11.3 Å². The predicted octanol–water partition coefficient (Wildman–Crippen LogP) is 4.76. The van der Waals surface area contributed by atoms with Gasteiger partial charge in [-0.05, 0) is 77.0 Å².